The van der Waals surface area contributed by atoms with Gasteiger partial charge in [0.15, 0.2) is 11.5 Å². The summed E-state index contributed by atoms with van der Waals surface area (Å²) in [5.41, 5.74) is 0.198. The summed E-state index contributed by atoms with van der Waals surface area (Å²) in [6.45, 7) is 0. The molecule has 27 heavy (non-hydrogen) atoms. The monoisotopic (exact) mass is 401 g/mol. The number of benzene rings is 1. The quantitative estimate of drug-likeness (QED) is 0.690. The molecule has 10 heteroatoms. The van der Waals surface area contributed by atoms with Gasteiger partial charge in [-0.2, -0.15) is 5.26 Å². The largest absolute Gasteiger partial charge is 0.478 e. The number of nitriles is 1. The van der Waals surface area contributed by atoms with Crippen molar-refractivity contribution in [2.24, 2.45) is 0 Å². The lowest BCUT2D eigenvalue weighted by atomic mass is 10.1. The molecule has 2 N–H and O–H groups in total. The Balaban J connectivity index is 1.84. The van der Waals surface area contributed by atoms with Crippen LogP contribution >= 0.6 is 23.2 Å². The average molecular weight is 402 g/mol. The SMILES string of the molecule is N#Cc1ccn(-c2ccc(C(=O)Nc3cc(Cl)c(Cl)cc3C(=O)O)nn2)c1. The van der Waals surface area contributed by atoms with Crippen molar-refractivity contribution in [1.29, 1.82) is 5.26 Å². The van der Waals surface area contributed by atoms with Gasteiger partial charge < -0.3 is 15.0 Å². The molecule has 0 bridgehead atoms. The van der Waals surface area contributed by atoms with Gasteiger partial charge in [-0.3, -0.25) is 4.79 Å². The predicted octanol–water partition coefficient (Wildman–Crippen LogP) is 3.40. The van der Waals surface area contributed by atoms with Gasteiger partial charge in [0.05, 0.1) is 26.9 Å². The van der Waals surface area contributed by atoms with Crippen molar-refractivity contribution in [1.82, 2.24) is 14.8 Å². The molecule has 2 heterocycles. The molecule has 2 aromatic heterocycles. The summed E-state index contributed by atoms with van der Waals surface area (Å²) in [4.78, 5) is 23.7. The number of nitrogens with zero attached hydrogens (tertiary/aromatic N) is 4. The third kappa shape index (κ3) is 3.89. The first-order valence-electron chi connectivity index (χ1n) is 7.35. The Morgan fingerprint density at radius 2 is 1.89 bits per heavy atom. The van der Waals surface area contributed by atoms with Gasteiger partial charge in [0.1, 0.15) is 6.07 Å². The number of hydrogen-bond donors (Lipinski definition) is 2. The van der Waals surface area contributed by atoms with E-state index in [0.29, 0.717) is 11.4 Å². The molecule has 0 fully saturated rings. The fraction of sp³-hybridized carbons (Fsp3) is 0. The smallest absolute Gasteiger partial charge is 0.337 e. The minimum absolute atomic E-state index is 0.0168. The number of aromatic carboxylic acids is 1. The molecule has 0 spiro atoms. The van der Waals surface area contributed by atoms with E-state index in [4.69, 9.17) is 28.5 Å². The zero-order chi connectivity index (χ0) is 19.6. The third-order valence-electron chi connectivity index (χ3n) is 3.51. The second-order valence-corrected chi connectivity index (χ2v) is 6.08. The first kappa shape index (κ1) is 18.4. The van der Waals surface area contributed by atoms with E-state index in [9.17, 15) is 14.7 Å². The van der Waals surface area contributed by atoms with Gasteiger partial charge in [-0.05, 0) is 30.3 Å². The zero-order valence-corrected chi connectivity index (χ0v) is 14.9. The standard InChI is InChI=1S/C17H9Cl2N5O3/c18-11-5-10(17(26)27)14(6-12(11)19)21-16(25)13-1-2-15(23-22-13)24-4-3-9(7-20)8-24/h1-6,8H,(H,21,25)(H,26,27). The fourth-order valence-electron chi connectivity index (χ4n) is 2.20. The summed E-state index contributed by atoms with van der Waals surface area (Å²) in [6.07, 6.45) is 3.20. The lowest BCUT2D eigenvalue weighted by molar-refractivity contribution is 0.0698. The number of anilines is 1. The molecule has 1 aromatic carbocycles. The van der Waals surface area contributed by atoms with Gasteiger partial charge in [-0.1, -0.05) is 23.2 Å². The van der Waals surface area contributed by atoms with Crippen LogP contribution in [0.3, 0.4) is 0 Å². The molecule has 0 aliphatic heterocycles. The van der Waals surface area contributed by atoms with Crippen LogP contribution in [0.15, 0.2) is 42.7 Å². The molecule has 3 rings (SSSR count). The molecule has 3 aromatic rings. The van der Waals surface area contributed by atoms with Crippen molar-refractivity contribution in [3.63, 3.8) is 0 Å². The molecule has 0 saturated carbocycles. The molecule has 0 saturated heterocycles. The van der Waals surface area contributed by atoms with Crippen molar-refractivity contribution >= 4 is 40.8 Å². The van der Waals surface area contributed by atoms with E-state index < -0.39 is 11.9 Å². The summed E-state index contributed by atoms with van der Waals surface area (Å²) in [5.74, 6) is -1.53. The normalized spacial score (nSPS) is 10.3. The fourth-order valence-corrected chi connectivity index (χ4v) is 2.53. The minimum Gasteiger partial charge on any atom is -0.478 e. The highest BCUT2D eigenvalue weighted by molar-refractivity contribution is 6.42. The number of rotatable bonds is 4. The second-order valence-electron chi connectivity index (χ2n) is 5.27. The number of nitrogens with one attached hydrogen (secondary N) is 1. The van der Waals surface area contributed by atoms with Crippen molar-refractivity contribution in [2.75, 3.05) is 5.32 Å². The van der Waals surface area contributed by atoms with Crippen LogP contribution in [0, 0.1) is 11.3 Å². The summed E-state index contributed by atoms with van der Waals surface area (Å²) < 4.78 is 1.58. The highest BCUT2D eigenvalue weighted by atomic mass is 35.5. The highest BCUT2D eigenvalue weighted by Crippen LogP contribution is 2.29. The Bertz CT molecular complexity index is 1090. The number of carboxylic acids is 1. The number of hydrogen-bond acceptors (Lipinski definition) is 5. The molecule has 1 amide bonds. The molecular weight excluding hydrogens is 393 g/mol. The molecule has 0 radical (unpaired) electrons. The first-order chi connectivity index (χ1) is 12.9. The molecule has 0 atom stereocenters. The van der Waals surface area contributed by atoms with Crippen LogP contribution in [-0.4, -0.2) is 31.7 Å². The van der Waals surface area contributed by atoms with Gasteiger partial charge in [0.25, 0.3) is 5.91 Å². The number of carbonyl (C=O) groups is 2. The molecule has 0 aliphatic carbocycles. The molecular formula is C17H9Cl2N5O3. The minimum atomic E-state index is -1.27. The van der Waals surface area contributed by atoms with E-state index in [1.807, 2.05) is 6.07 Å². The summed E-state index contributed by atoms with van der Waals surface area (Å²) >= 11 is 11.7. The summed E-state index contributed by atoms with van der Waals surface area (Å²) in [6, 6.07) is 8.96. The van der Waals surface area contributed by atoms with E-state index in [1.54, 1.807) is 23.0 Å². The van der Waals surface area contributed by atoms with Crippen molar-refractivity contribution < 1.29 is 14.7 Å². The Morgan fingerprint density at radius 1 is 1.15 bits per heavy atom. The Labute approximate surface area is 162 Å². The van der Waals surface area contributed by atoms with Crippen LogP contribution in [-0.2, 0) is 0 Å². The number of carbonyl (C=O) groups excluding carboxylic acids is 1. The van der Waals surface area contributed by atoms with Crippen molar-refractivity contribution in [2.45, 2.75) is 0 Å². The predicted molar refractivity (Wildman–Crippen MR) is 97.4 cm³/mol. The van der Waals surface area contributed by atoms with Crippen LogP contribution in [0.2, 0.25) is 10.0 Å². The van der Waals surface area contributed by atoms with Gasteiger partial charge in [0.2, 0.25) is 0 Å². The summed E-state index contributed by atoms with van der Waals surface area (Å²) in [7, 11) is 0. The molecule has 0 unspecified atom stereocenters. The maximum absolute atomic E-state index is 12.4. The lowest BCUT2D eigenvalue weighted by Crippen LogP contribution is -2.17. The number of aromatic nitrogens is 3. The van der Waals surface area contributed by atoms with E-state index in [-0.39, 0.29) is 27.0 Å². The number of carboxylic acid groups (broad SMARTS) is 1. The van der Waals surface area contributed by atoms with Crippen LogP contribution in [0.25, 0.3) is 5.82 Å². The number of halogens is 2. The topological polar surface area (TPSA) is 121 Å². The molecule has 0 aliphatic rings. The van der Waals surface area contributed by atoms with Crippen molar-refractivity contribution in [3.8, 4) is 11.9 Å². The van der Waals surface area contributed by atoms with Crippen LogP contribution in [0.5, 0.6) is 0 Å². The Hall–Kier alpha value is -3.41. The first-order valence-corrected chi connectivity index (χ1v) is 8.10. The molecule has 8 nitrogen and oxygen atoms in total. The van der Waals surface area contributed by atoms with Gasteiger partial charge in [0, 0.05) is 12.4 Å². The van der Waals surface area contributed by atoms with Crippen LogP contribution in [0.4, 0.5) is 5.69 Å². The average Bonchev–Trinajstić information content (AvgIpc) is 3.13. The van der Waals surface area contributed by atoms with E-state index in [0.717, 1.165) is 6.07 Å². The maximum Gasteiger partial charge on any atom is 0.337 e. The van der Waals surface area contributed by atoms with E-state index >= 15 is 0 Å². The zero-order valence-electron chi connectivity index (χ0n) is 13.3. The maximum atomic E-state index is 12.4. The number of amides is 1. The van der Waals surface area contributed by atoms with Crippen molar-refractivity contribution in [3.05, 3.63) is 69.6 Å². The van der Waals surface area contributed by atoms with Gasteiger partial charge in [-0.15, -0.1) is 10.2 Å². The summed E-state index contributed by atoms with van der Waals surface area (Å²) in [5, 5.41) is 28.4. The Morgan fingerprint density at radius 3 is 2.48 bits per heavy atom. The van der Waals surface area contributed by atoms with Crippen LogP contribution in [0.1, 0.15) is 26.4 Å². The lowest BCUT2D eigenvalue weighted by Gasteiger charge is -2.10. The van der Waals surface area contributed by atoms with E-state index in [1.165, 1.54) is 18.2 Å². The second kappa shape index (κ2) is 7.45. The third-order valence-corrected chi connectivity index (χ3v) is 4.23. The Kier molecular flexibility index (Phi) is 5.07. The molecule has 134 valence electrons. The van der Waals surface area contributed by atoms with Gasteiger partial charge in [-0.25, -0.2) is 4.79 Å². The van der Waals surface area contributed by atoms with Gasteiger partial charge >= 0.3 is 5.97 Å². The van der Waals surface area contributed by atoms with Crippen LogP contribution < -0.4 is 5.32 Å². The highest BCUT2D eigenvalue weighted by Gasteiger charge is 2.17. The van der Waals surface area contributed by atoms with E-state index in [2.05, 4.69) is 15.5 Å².